The standard InChI is InChI=1S/C40H54O5/c1-26(41)45-32-15-17-38(6)31(35(32,2)3)14-18-40(8)33(38)30(42)24-28-29-25-37(5,20-19-36(29,4)21-22-39(28,40)7)34(43)44-23-16-27-12-10-9-11-13-27/h9-13,16,23-24,29,31-33H,14-15,17-22,25H2,1-8H3/t29-,31-,32-,33+,36+,37-,38-,39+,40+/m0/s1. The molecule has 0 spiro atoms. The predicted octanol–water partition coefficient (Wildman–Crippen LogP) is 9.11. The Labute approximate surface area is 270 Å². The monoisotopic (exact) mass is 614 g/mol. The average Bonchev–Trinajstić information content (AvgIpc) is 2.97. The Morgan fingerprint density at radius 3 is 2.24 bits per heavy atom. The van der Waals surface area contributed by atoms with Crippen LogP contribution in [0.5, 0.6) is 0 Å². The number of carbonyl (C=O) groups excluding carboxylic acids is 3. The van der Waals surface area contributed by atoms with Gasteiger partial charge in [0.1, 0.15) is 6.10 Å². The number of hydrogen-bond acceptors (Lipinski definition) is 5. The van der Waals surface area contributed by atoms with Crippen molar-refractivity contribution < 1.29 is 23.9 Å². The molecule has 0 N–H and O–H groups in total. The molecular formula is C40H54O5. The van der Waals surface area contributed by atoms with Crippen LogP contribution in [0, 0.1) is 50.2 Å². The quantitative estimate of drug-likeness (QED) is 0.250. The van der Waals surface area contributed by atoms with Crippen molar-refractivity contribution >= 4 is 23.8 Å². The van der Waals surface area contributed by atoms with Gasteiger partial charge in [0.05, 0.1) is 11.7 Å². The van der Waals surface area contributed by atoms with Gasteiger partial charge in [0.15, 0.2) is 5.78 Å². The molecule has 4 saturated carbocycles. The molecular weight excluding hydrogens is 560 g/mol. The molecule has 1 aromatic carbocycles. The highest BCUT2D eigenvalue weighted by molar-refractivity contribution is 5.95. The fourth-order valence-corrected chi connectivity index (χ4v) is 11.6. The van der Waals surface area contributed by atoms with E-state index in [1.807, 2.05) is 36.4 Å². The lowest BCUT2D eigenvalue weighted by Gasteiger charge is -2.70. The largest absolute Gasteiger partial charge is 0.462 e. The molecule has 45 heavy (non-hydrogen) atoms. The maximum atomic E-state index is 14.6. The van der Waals surface area contributed by atoms with E-state index in [1.165, 1.54) is 18.8 Å². The summed E-state index contributed by atoms with van der Waals surface area (Å²) in [6, 6.07) is 9.88. The summed E-state index contributed by atoms with van der Waals surface area (Å²) in [5.74, 6) is 0.298. The summed E-state index contributed by atoms with van der Waals surface area (Å²) in [7, 11) is 0. The molecule has 1 aromatic rings. The summed E-state index contributed by atoms with van der Waals surface area (Å²) >= 11 is 0. The number of ether oxygens (including phenoxy) is 2. The van der Waals surface area contributed by atoms with Crippen molar-refractivity contribution in [2.45, 2.75) is 119 Å². The molecule has 5 aliphatic rings. The lowest BCUT2D eigenvalue weighted by atomic mass is 9.33. The smallest absolute Gasteiger partial charge is 0.316 e. The van der Waals surface area contributed by atoms with E-state index in [-0.39, 0.29) is 62.7 Å². The highest BCUT2D eigenvalue weighted by atomic mass is 16.5. The van der Waals surface area contributed by atoms with Gasteiger partial charge in [0, 0.05) is 18.3 Å². The lowest BCUT2D eigenvalue weighted by Crippen LogP contribution is -2.66. The second-order valence-electron chi connectivity index (χ2n) is 17.3. The highest BCUT2D eigenvalue weighted by Gasteiger charge is 2.70. The van der Waals surface area contributed by atoms with Crippen molar-refractivity contribution in [3.63, 3.8) is 0 Å². The number of carbonyl (C=O) groups is 3. The highest BCUT2D eigenvalue weighted by Crippen LogP contribution is 2.75. The van der Waals surface area contributed by atoms with E-state index in [2.05, 4.69) is 54.5 Å². The van der Waals surface area contributed by atoms with Gasteiger partial charge in [-0.2, -0.15) is 0 Å². The summed E-state index contributed by atoms with van der Waals surface area (Å²) in [4.78, 5) is 40.3. The second-order valence-corrected chi connectivity index (χ2v) is 17.3. The minimum atomic E-state index is -0.603. The summed E-state index contributed by atoms with van der Waals surface area (Å²) in [5.41, 5.74) is 1.12. The summed E-state index contributed by atoms with van der Waals surface area (Å²) in [6.07, 6.45) is 13.7. The van der Waals surface area contributed by atoms with Crippen LogP contribution in [-0.4, -0.2) is 23.8 Å². The number of hydrogen-bond donors (Lipinski definition) is 0. The van der Waals surface area contributed by atoms with Crippen LogP contribution in [0.1, 0.15) is 119 Å². The predicted molar refractivity (Wildman–Crippen MR) is 177 cm³/mol. The second kappa shape index (κ2) is 10.7. The Hall–Kier alpha value is -2.69. The van der Waals surface area contributed by atoms with Gasteiger partial charge >= 0.3 is 11.9 Å². The van der Waals surface area contributed by atoms with Crippen molar-refractivity contribution in [2.24, 2.45) is 50.2 Å². The Bertz CT molecular complexity index is 1440. The van der Waals surface area contributed by atoms with Crippen LogP contribution in [0.15, 0.2) is 48.2 Å². The van der Waals surface area contributed by atoms with E-state index in [4.69, 9.17) is 9.47 Å². The molecule has 5 heteroatoms. The zero-order chi connectivity index (χ0) is 32.6. The van der Waals surface area contributed by atoms with Gasteiger partial charge in [-0.15, -0.1) is 0 Å². The minimum Gasteiger partial charge on any atom is -0.462 e. The fourth-order valence-electron chi connectivity index (χ4n) is 11.6. The van der Waals surface area contributed by atoms with Crippen LogP contribution < -0.4 is 0 Å². The van der Waals surface area contributed by atoms with E-state index in [0.29, 0.717) is 12.3 Å². The minimum absolute atomic E-state index is 0.0672. The first kappa shape index (κ1) is 32.3. The number of ketones is 1. The van der Waals surface area contributed by atoms with E-state index in [9.17, 15) is 14.4 Å². The van der Waals surface area contributed by atoms with E-state index in [1.54, 1.807) is 0 Å². The van der Waals surface area contributed by atoms with Gasteiger partial charge in [0.25, 0.3) is 0 Å². The van der Waals surface area contributed by atoms with Gasteiger partial charge in [-0.25, -0.2) is 0 Å². The molecule has 0 unspecified atom stereocenters. The van der Waals surface area contributed by atoms with Gasteiger partial charge in [-0.05, 0) is 116 Å². The van der Waals surface area contributed by atoms with Crippen molar-refractivity contribution in [1.82, 2.24) is 0 Å². The van der Waals surface area contributed by atoms with Gasteiger partial charge in [-0.1, -0.05) is 77.4 Å². The maximum Gasteiger partial charge on any atom is 0.316 e. The summed E-state index contributed by atoms with van der Waals surface area (Å²) in [5, 5.41) is 0. The van der Waals surface area contributed by atoms with E-state index in [0.717, 1.165) is 56.9 Å². The first-order chi connectivity index (χ1) is 21.0. The van der Waals surface area contributed by atoms with Crippen LogP contribution in [-0.2, 0) is 23.9 Å². The van der Waals surface area contributed by atoms with E-state index >= 15 is 0 Å². The molecule has 4 fully saturated rings. The topological polar surface area (TPSA) is 69.7 Å². The lowest BCUT2D eigenvalue weighted by molar-refractivity contribution is -0.210. The van der Waals surface area contributed by atoms with Crippen LogP contribution >= 0.6 is 0 Å². The Morgan fingerprint density at radius 2 is 1.56 bits per heavy atom. The van der Waals surface area contributed by atoms with Crippen molar-refractivity contribution in [3.8, 4) is 0 Å². The molecule has 0 aromatic heterocycles. The van der Waals surface area contributed by atoms with Crippen molar-refractivity contribution in [3.05, 3.63) is 53.8 Å². The fraction of sp³-hybridized carbons (Fsp3) is 0.675. The number of benzene rings is 1. The van der Waals surface area contributed by atoms with Crippen LogP contribution in [0.4, 0.5) is 0 Å². The van der Waals surface area contributed by atoms with Crippen LogP contribution in [0.25, 0.3) is 6.08 Å². The average molecular weight is 615 g/mol. The van der Waals surface area contributed by atoms with Crippen LogP contribution in [0.2, 0.25) is 0 Å². The molecule has 6 rings (SSSR count). The zero-order valence-corrected chi connectivity index (χ0v) is 28.8. The first-order valence-electron chi connectivity index (χ1n) is 17.4. The maximum absolute atomic E-state index is 14.6. The molecule has 0 bridgehead atoms. The molecule has 5 aliphatic carbocycles. The number of fused-ring (bicyclic) bond motifs is 7. The van der Waals surface area contributed by atoms with Crippen LogP contribution in [0.3, 0.4) is 0 Å². The SMILES string of the molecule is CC(=O)O[C@H]1CC[C@]2(C)[C@H]3C(=O)C=C4[C@@H]5C[C@@](C)(C(=O)OC=Cc6ccccc6)CC[C@]5(C)CC[C@@]4(C)[C@]3(C)CC[C@H]2C1(C)C. The van der Waals surface area contributed by atoms with Crippen molar-refractivity contribution in [2.75, 3.05) is 0 Å². The van der Waals surface area contributed by atoms with Crippen molar-refractivity contribution in [1.29, 1.82) is 0 Å². The molecule has 0 radical (unpaired) electrons. The molecule has 0 aliphatic heterocycles. The molecule has 5 nitrogen and oxygen atoms in total. The number of allylic oxidation sites excluding steroid dienone is 2. The number of esters is 2. The third kappa shape index (κ3) is 4.80. The molecule has 0 amide bonds. The van der Waals surface area contributed by atoms with Gasteiger partial charge in [-0.3, -0.25) is 14.4 Å². The first-order valence-corrected chi connectivity index (χ1v) is 17.4. The Kier molecular flexibility index (Phi) is 7.65. The Balaban J connectivity index is 1.31. The molecule has 244 valence electrons. The van der Waals surface area contributed by atoms with Gasteiger partial charge in [0.2, 0.25) is 0 Å². The van der Waals surface area contributed by atoms with E-state index < -0.39 is 5.41 Å². The zero-order valence-electron chi connectivity index (χ0n) is 28.8. The molecule has 0 saturated heterocycles. The third-order valence-electron chi connectivity index (χ3n) is 14.5. The molecule has 0 heterocycles. The third-order valence-corrected chi connectivity index (χ3v) is 14.5. The summed E-state index contributed by atoms with van der Waals surface area (Å²) < 4.78 is 11.6. The van der Waals surface area contributed by atoms with Gasteiger partial charge < -0.3 is 9.47 Å². The number of rotatable bonds is 4. The summed E-state index contributed by atoms with van der Waals surface area (Å²) in [6.45, 7) is 17.7. The normalized spacial score (nSPS) is 43.6. The molecule has 9 atom stereocenters. The Morgan fingerprint density at radius 1 is 0.867 bits per heavy atom.